The van der Waals surface area contributed by atoms with Crippen LogP contribution in [0.1, 0.15) is 51.5 Å². The first-order valence-corrected chi connectivity index (χ1v) is 7.79. The number of hydrogen-bond donors (Lipinski definition) is 2. The van der Waals surface area contributed by atoms with Gasteiger partial charge in [0.05, 0.1) is 0 Å². The highest BCUT2D eigenvalue weighted by molar-refractivity contribution is 5.93. The molecule has 0 aliphatic heterocycles. The maximum Gasteiger partial charge on any atom is 0.269 e. The minimum absolute atomic E-state index is 0.0892. The van der Waals surface area contributed by atoms with E-state index in [0.717, 1.165) is 18.7 Å². The number of pyridine rings is 1. The van der Waals surface area contributed by atoms with Crippen LogP contribution in [0.3, 0.4) is 0 Å². The molecule has 1 aromatic heterocycles. The number of carbonyl (C=O) groups excluding carboxylic acids is 1. The Kier molecular flexibility index (Phi) is 4.26. The van der Waals surface area contributed by atoms with Crippen molar-refractivity contribution in [3.8, 4) is 0 Å². The number of nitrogens with one attached hydrogen (secondary N) is 2. The minimum atomic E-state index is -0.0892. The van der Waals surface area contributed by atoms with Gasteiger partial charge in [-0.1, -0.05) is 34.6 Å². The summed E-state index contributed by atoms with van der Waals surface area (Å²) in [4.78, 5) is 16.4. The third-order valence-electron chi connectivity index (χ3n) is 5.36. The van der Waals surface area contributed by atoms with Crippen LogP contribution in [-0.2, 0) is 0 Å². The molecule has 1 amide bonds. The van der Waals surface area contributed by atoms with Gasteiger partial charge in [-0.2, -0.15) is 0 Å². The second kappa shape index (κ2) is 5.66. The lowest BCUT2D eigenvalue weighted by Crippen LogP contribution is -2.28. The molecule has 4 heteroatoms. The average Bonchev–Trinajstić information content (AvgIpc) is 2.84. The lowest BCUT2D eigenvalue weighted by Gasteiger charge is -2.08. The first-order chi connectivity index (χ1) is 9.80. The van der Waals surface area contributed by atoms with Crippen LogP contribution >= 0.6 is 0 Å². The van der Waals surface area contributed by atoms with Gasteiger partial charge < -0.3 is 10.6 Å². The van der Waals surface area contributed by atoms with Crippen LogP contribution in [0.5, 0.6) is 0 Å². The number of nitrogens with zero attached hydrogens (tertiary/aromatic N) is 1. The van der Waals surface area contributed by atoms with E-state index in [0.29, 0.717) is 18.2 Å². The largest absolute Gasteiger partial charge is 0.385 e. The molecule has 4 nitrogen and oxygen atoms in total. The van der Waals surface area contributed by atoms with E-state index in [-0.39, 0.29) is 16.7 Å². The maximum absolute atomic E-state index is 12.2. The SMILES string of the molecule is CCCNc1ccnc(C(=O)NCC2C(C)(C)C2(C)C)c1. The summed E-state index contributed by atoms with van der Waals surface area (Å²) in [6, 6.07) is 3.70. The van der Waals surface area contributed by atoms with Crippen LogP contribution in [0.2, 0.25) is 0 Å². The van der Waals surface area contributed by atoms with Gasteiger partial charge in [0, 0.05) is 25.0 Å². The summed E-state index contributed by atoms with van der Waals surface area (Å²) < 4.78 is 0. The zero-order valence-corrected chi connectivity index (χ0v) is 13.8. The fraction of sp³-hybridized carbons (Fsp3) is 0.647. The standard InChI is InChI=1S/C17H27N3O/c1-6-8-18-12-7-9-19-13(10-12)15(21)20-11-14-16(2,3)17(14,4)5/h7,9-10,14H,6,8,11H2,1-5H3,(H,18,19)(H,20,21). The molecule has 1 aliphatic carbocycles. The summed E-state index contributed by atoms with van der Waals surface area (Å²) in [6.07, 6.45) is 2.73. The second-order valence-corrected chi connectivity index (χ2v) is 7.06. The van der Waals surface area contributed by atoms with E-state index in [1.54, 1.807) is 6.20 Å². The van der Waals surface area contributed by atoms with E-state index < -0.39 is 0 Å². The first kappa shape index (κ1) is 15.8. The lowest BCUT2D eigenvalue weighted by atomic mass is 10.0. The molecule has 1 aliphatic rings. The van der Waals surface area contributed by atoms with Gasteiger partial charge in [0.25, 0.3) is 5.91 Å². The van der Waals surface area contributed by atoms with Crippen molar-refractivity contribution >= 4 is 11.6 Å². The molecule has 0 bridgehead atoms. The normalized spacial score (nSPS) is 19.1. The summed E-state index contributed by atoms with van der Waals surface area (Å²) in [6.45, 7) is 12.8. The van der Waals surface area contributed by atoms with Crippen molar-refractivity contribution in [2.45, 2.75) is 41.0 Å². The number of rotatable bonds is 6. The Morgan fingerprint density at radius 1 is 1.29 bits per heavy atom. The van der Waals surface area contributed by atoms with E-state index in [4.69, 9.17) is 0 Å². The molecule has 1 fully saturated rings. The van der Waals surface area contributed by atoms with E-state index in [2.05, 4.69) is 50.2 Å². The minimum Gasteiger partial charge on any atom is -0.385 e. The molecule has 0 radical (unpaired) electrons. The topological polar surface area (TPSA) is 54.0 Å². The molecule has 1 aromatic rings. The molecular formula is C17H27N3O. The van der Waals surface area contributed by atoms with Crippen LogP contribution < -0.4 is 10.6 Å². The number of anilines is 1. The third-order valence-corrected chi connectivity index (χ3v) is 5.36. The van der Waals surface area contributed by atoms with Crippen molar-refractivity contribution in [1.82, 2.24) is 10.3 Å². The Hall–Kier alpha value is -1.58. The summed E-state index contributed by atoms with van der Waals surface area (Å²) in [5.41, 5.74) is 2.01. The van der Waals surface area contributed by atoms with E-state index in [9.17, 15) is 4.79 Å². The highest BCUT2D eigenvalue weighted by Crippen LogP contribution is 2.67. The van der Waals surface area contributed by atoms with E-state index in [1.165, 1.54) is 0 Å². The maximum atomic E-state index is 12.2. The monoisotopic (exact) mass is 289 g/mol. The predicted molar refractivity (Wildman–Crippen MR) is 86.4 cm³/mol. The smallest absolute Gasteiger partial charge is 0.269 e. The van der Waals surface area contributed by atoms with Gasteiger partial charge >= 0.3 is 0 Å². The molecule has 1 heterocycles. The molecule has 21 heavy (non-hydrogen) atoms. The van der Waals surface area contributed by atoms with Gasteiger partial charge in [0.1, 0.15) is 5.69 Å². The summed E-state index contributed by atoms with van der Waals surface area (Å²) in [7, 11) is 0. The molecule has 2 N–H and O–H groups in total. The molecular weight excluding hydrogens is 262 g/mol. The molecule has 0 saturated heterocycles. The summed E-state index contributed by atoms with van der Waals surface area (Å²) in [5.74, 6) is 0.434. The average molecular weight is 289 g/mol. The fourth-order valence-electron chi connectivity index (χ4n) is 3.06. The highest BCUT2D eigenvalue weighted by Gasteiger charge is 2.64. The zero-order chi connectivity index (χ0) is 15.7. The van der Waals surface area contributed by atoms with Crippen molar-refractivity contribution in [2.24, 2.45) is 16.7 Å². The number of hydrogen-bond acceptors (Lipinski definition) is 3. The molecule has 1 saturated carbocycles. The lowest BCUT2D eigenvalue weighted by molar-refractivity contribution is 0.0945. The summed E-state index contributed by atoms with van der Waals surface area (Å²) in [5, 5.41) is 6.30. The molecule has 116 valence electrons. The van der Waals surface area contributed by atoms with E-state index >= 15 is 0 Å². The van der Waals surface area contributed by atoms with Gasteiger partial charge in [-0.25, -0.2) is 0 Å². The quantitative estimate of drug-likeness (QED) is 0.844. The zero-order valence-electron chi connectivity index (χ0n) is 13.8. The number of aromatic nitrogens is 1. The Morgan fingerprint density at radius 2 is 1.95 bits per heavy atom. The van der Waals surface area contributed by atoms with Crippen molar-refractivity contribution in [3.63, 3.8) is 0 Å². The Morgan fingerprint density at radius 3 is 2.52 bits per heavy atom. The predicted octanol–water partition coefficient (Wildman–Crippen LogP) is 3.32. The van der Waals surface area contributed by atoms with Gasteiger partial charge in [-0.15, -0.1) is 0 Å². The van der Waals surface area contributed by atoms with Crippen LogP contribution in [0.15, 0.2) is 18.3 Å². The van der Waals surface area contributed by atoms with Crippen molar-refractivity contribution in [1.29, 1.82) is 0 Å². The van der Waals surface area contributed by atoms with Crippen LogP contribution in [-0.4, -0.2) is 24.0 Å². The molecule has 0 spiro atoms. The van der Waals surface area contributed by atoms with Gasteiger partial charge in [0.15, 0.2) is 0 Å². The van der Waals surface area contributed by atoms with Gasteiger partial charge in [0.2, 0.25) is 0 Å². The Bertz CT molecular complexity index is 509. The molecule has 0 unspecified atom stereocenters. The van der Waals surface area contributed by atoms with Crippen molar-refractivity contribution in [2.75, 3.05) is 18.4 Å². The second-order valence-electron chi connectivity index (χ2n) is 7.06. The fourth-order valence-corrected chi connectivity index (χ4v) is 3.06. The highest BCUT2D eigenvalue weighted by atomic mass is 16.1. The molecule has 0 atom stereocenters. The molecule has 0 aromatic carbocycles. The number of amides is 1. The van der Waals surface area contributed by atoms with Crippen LogP contribution in [0.25, 0.3) is 0 Å². The van der Waals surface area contributed by atoms with Gasteiger partial charge in [-0.3, -0.25) is 9.78 Å². The Labute approximate surface area is 127 Å². The van der Waals surface area contributed by atoms with Crippen LogP contribution in [0.4, 0.5) is 5.69 Å². The van der Waals surface area contributed by atoms with Crippen LogP contribution in [0, 0.1) is 16.7 Å². The van der Waals surface area contributed by atoms with Crippen molar-refractivity contribution < 1.29 is 4.79 Å². The third kappa shape index (κ3) is 3.04. The Balaban J connectivity index is 1.92. The van der Waals surface area contributed by atoms with Crippen molar-refractivity contribution in [3.05, 3.63) is 24.0 Å². The van der Waals surface area contributed by atoms with E-state index in [1.807, 2.05) is 12.1 Å². The number of carbonyl (C=O) groups is 1. The summed E-state index contributed by atoms with van der Waals surface area (Å²) >= 11 is 0. The molecule has 2 rings (SSSR count). The first-order valence-electron chi connectivity index (χ1n) is 7.79. The van der Waals surface area contributed by atoms with Gasteiger partial charge in [-0.05, 0) is 35.3 Å².